The largest absolute Gasteiger partial charge is 0.394 e. The molecule has 0 saturated carbocycles. The third-order valence-corrected chi connectivity index (χ3v) is 6.00. The molecule has 7 nitrogen and oxygen atoms in total. The van der Waals surface area contributed by atoms with Crippen LogP contribution in [0.2, 0.25) is 0 Å². The molecule has 2 aromatic heterocycles. The van der Waals surface area contributed by atoms with Crippen LogP contribution < -0.4 is 5.56 Å². The van der Waals surface area contributed by atoms with Gasteiger partial charge in [0, 0.05) is 0 Å². The van der Waals surface area contributed by atoms with E-state index < -0.39 is 11.6 Å². The fraction of sp³-hybridized carbons (Fsp3) is 0.148. The SMILES string of the molecule is O=c1[nH]cnc2c1ncn2C(CO)COC(c1ccccc1)(c1ccccc1)c1ccccc1. The first-order valence-electron chi connectivity index (χ1n) is 11.1. The highest BCUT2D eigenvalue weighted by molar-refractivity contribution is 5.68. The monoisotopic (exact) mass is 452 g/mol. The number of imidazole rings is 1. The van der Waals surface area contributed by atoms with Gasteiger partial charge in [-0.3, -0.25) is 4.79 Å². The summed E-state index contributed by atoms with van der Waals surface area (Å²) in [5.41, 5.74) is 2.28. The first-order chi connectivity index (χ1) is 16.7. The molecule has 7 heteroatoms. The van der Waals surface area contributed by atoms with Crippen molar-refractivity contribution in [2.45, 2.75) is 11.6 Å². The summed E-state index contributed by atoms with van der Waals surface area (Å²) < 4.78 is 8.51. The zero-order valence-electron chi connectivity index (χ0n) is 18.4. The number of fused-ring (bicyclic) bond motifs is 1. The number of aromatic nitrogens is 4. The Morgan fingerprint density at radius 1 is 0.853 bits per heavy atom. The minimum absolute atomic E-state index is 0.148. The van der Waals surface area contributed by atoms with Gasteiger partial charge in [-0.2, -0.15) is 0 Å². The minimum Gasteiger partial charge on any atom is -0.394 e. The Labute approximate surface area is 196 Å². The number of nitrogens with zero attached hydrogens (tertiary/aromatic N) is 3. The molecule has 170 valence electrons. The van der Waals surface area contributed by atoms with Crippen molar-refractivity contribution in [2.75, 3.05) is 13.2 Å². The van der Waals surface area contributed by atoms with Crippen molar-refractivity contribution in [2.24, 2.45) is 0 Å². The molecule has 1 atom stereocenters. The Bertz CT molecular complexity index is 1320. The summed E-state index contributed by atoms with van der Waals surface area (Å²) >= 11 is 0. The van der Waals surface area contributed by atoms with E-state index in [1.165, 1.54) is 12.7 Å². The molecule has 2 heterocycles. The smallest absolute Gasteiger partial charge is 0.278 e. The normalized spacial score (nSPS) is 12.6. The molecule has 0 fully saturated rings. The van der Waals surface area contributed by atoms with Gasteiger partial charge in [-0.15, -0.1) is 0 Å². The van der Waals surface area contributed by atoms with Gasteiger partial charge in [-0.25, -0.2) is 9.97 Å². The summed E-state index contributed by atoms with van der Waals surface area (Å²) in [7, 11) is 0. The Balaban J connectivity index is 1.62. The predicted molar refractivity (Wildman–Crippen MR) is 129 cm³/mol. The van der Waals surface area contributed by atoms with Crippen LogP contribution in [0.3, 0.4) is 0 Å². The van der Waals surface area contributed by atoms with Crippen molar-refractivity contribution >= 4 is 11.2 Å². The number of nitrogens with one attached hydrogen (secondary N) is 1. The molecule has 34 heavy (non-hydrogen) atoms. The van der Waals surface area contributed by atoms with Crippen LogP contribution in [0.1, 0.15) is 22.7 Å². The number of hydrogen-bond donors (Lipinski definition) is 2. The molecule has 1 unspecified atom stereocenters. The average molecular weight is 453 g/mol. The maximum Gasteiger partial charge on any atom is 0.278 e. The van der Waals surface area contributed by atoms with Gasteiger partial charge in [0.05, 0.1) is 31.9 Å². The van der Waals surface area contributed by atoms with Crippen LogP contribution in [0.15, 0.2) is 108 Å². The topological polar surface area (TPSA) is 93.0 Å². The molecule has 0 saturated heterocycles. The van der Waals surface area contributed by atoms with Gasteiger partial charge >= 0.3 is 0 Å². The van der Waals surface area contributed by atoms with Crippen molar-refractivity contribution in [3.8, 4) is 0 Å². The number of rotatable bonds is 8. The molecule has 5 aromatic rings. The van der Waals surface area contributed by atoms with E-state index in [0.29, 0.717) is 5.65 Å². The lowest BCUT2D eigenvalue weighted by Crippen LogP contribution is -2.35. The fourth-order valence-corrected chi connectivity index (χ4v) is 4.34. The molecule has 0 aliphatic carbocycles. The van der Waals surface area contributed by atoms with Crippen molar-refractivity contribution in [3.63, 3.8) is 0 Å². The molecule has 0 bridgehead atoms. The molecule has 0 radical (unpaired) electrons. The molecule has 0 aliphatic rings. The van der Waals surface area contributed by atoms with Crippen molar-refractivity contribution < 1.29 is 9.84 Å². The summed E-state index contributed by atoms with van der Waals surface area (Å²) in [4.78, 5) is 23.1. The van der Waals surface area contributed by atoms with E-state index in [1.807, 2.05) is 91.0 Å². The number of ether oxygens (including phenoxy) is 1. The first-order valence-corrected chi connectivity index (χ1v) is 11.1. The number of hydrogen-bond acceptors (Lipinski definition) is 5. The Hall–Kier alpha value is -4.07. The highest BCUT2D eigenvalue weighted by Gasteiger charge is 2.38. The maximum absolute atomic E-state index is 12.1. The maximum atomic E-state index is 12.1. The van der Waals surface area contributed by atoms with E-state index in [-0.39, 0.29) is 24.3 Å². The van der Waals surface area contributed by atoms with Crippen LogP contribution in [0.25, 0.3) is 11.2 Å². The fourth-order valence-electron chi connectivity index (χ4n) is 4.34. The van der Waals surface area contributed by atoms with Gasteiger partial charge in [0.15, 0.2) is 11.2 Å². The van der Waals surface area contributed by atoms with Gasteiger partial charge in [-0.1, -0.05) is 91.0 Å². The lowest BCUT2D eigenvalue weighted by molar-refractivity contribution is -0.0145. The van der Waals surface area contributed by atoms with Crippen molar-refractivity contribution in [1.29, 1.82) is 0 Å². The summed E-state index contributed by atoms with van der Waals surface area (Å²) in [5, 5.41) is 10.3. The third-order valence-electron chi connectivity index (χ3n) is 6.00. The third kappa shape index (κ3) is 3.81. The van der Waals surface area contributed by atoms with E-state index in [9.17, 15) is 9.90 Å². The summed E-state index contributed by atoms with van der Waals surface area (Å²) in [6, 6.07) is 29.6. The van der Waals surface area contributed by atoms with E-state index in [2.05, 4.69) is 15.0 Å². The summed E-state index contributed by atoms with van der Waals surface area (Å²) in [6.45, 7) is -0.0660. The standard InChI is InChI=1S/C27H24N4O3/c32-16-23(31-19-30-24-25(31)28-18-29-26(24)33)17-34-27(20-10-4-1-5-11-20,21-12-6-2-7-13-21)22-14-8-3-9-15-22/h1-15,18-19,23,32H,16-17H2,(H,28,29,33). The molecule has 0 spiro atoms. The predicted octanol–water partition coefficient (Wildman–Crippen LogP) is 3.66. The lowest BCUT2D eigenvalue weighted by Gasteiger charge is -2.37. The van der Waals surface area contributed by atoms with E-state index in [0.717, 1.165) is 16.7 Å². The van der Waals surface area contributed by atoms with Crippen molar-refractivity contribution in [1.82, 2.24) is 19.5 Å². The minimum atomic E-state index is -0.918. The number of aromatic amines is 1. The zero-order valence-corrected chi connectivity index (χ0v) is 18.4. The Kier molecular flexibility index (Phi) is 6.03. The van der Waals surface area contributed by atoms with Crippen LogP contribution in [0, 0.1) is 0 Å². The first kappa shape index (κ1) is 21.8. The quantitative estimate of drug-likeness (QED) is 0.351. The van der Waals surface area contributed by atoms with Crippen LogP contribution in [0.5, 0.6) is 0 Å². The second kappa shape index (κ2) is 9.43. The molecule has 0 aliphatic heterocycles. The van der Waals surface area contributed by atoms with Gasteiger partial charge in [0.1, 0.15) is 5.60 Å². The molecule has 0 amide bonds. The second-order valence-corrected chi connectivity index (χ2v) is 7.98. The Morgan fingerprint density at radius 2 is 1.38 bits per heavy atom. The van der Waals surface area contributed by atoms with Gasteiger partial charge in [0.2, 0.25) is 0 Å². The number of aliphatic hydroxyl groups excluding tert-OH is 1. The second-order valence-electron chi connectivity index (χ2n) is 7.98. The molecule has 2 N–H and O–H groups in total. The summed E-state index contributed by atoms with van der Waals surface area (Å²) in [5.74, 6) is 0. The van der Waals surface area contributed by atoms with E-state index in [4.69, 9.17) is 4.74 Å². The van der Waals surface area contributed by atoms with Gasteiger partial charge < -0.3 is 19.4 Å². The van der Waals surface area contributed by atoms with Gasteiger partial charge in [-0.05, 0) is 16.7 Å². The average Bonchev–Trinajstić information content (AvgIpc) is 3.34. The van der Waals surface area contributed by atoms with E-state index >= 15 is 0 Å². The molecule has 3 aromatic carbocycles. The van der Waals surface area contributed by atoms with Gasteiger partial charge in [0.25, 0.3) is 5.56 Å². The molecular formula is C27H24N4O3. The highest BCUT2D eigenvalue weighted by atomic mass is 16.5. The summed E-state index contributed by atoms with van der Waals surface area (Å²) in [6.07, 6.45) is 2.85. The lowest BCUT2D eigenvalue weighted by atomic mass is 9.80. The van der Waals surface area contributed by atoms with Crippen LogP contribution in [0.4, 0.5) is 0 Å². The van der Waals surface area contributed by atoms with Crippen LogP contribution in [-0.4, -0.2) is 37.8 Å². The zero-order chi connectivity index (χ0) is 23.4. The van der Waals surface area contributed by atoms with Crippen LogP contribution in [-0.2, 0) is 10.3 Å². The number of H-pyrrole nitrogens is 1. The number of aliphatic hydroxyl groups is 1. The molecular weight excluding hydrogens is 428 g/mol. The highest BCUT2D eigenvalue weighted by Crippen LogP contribution is 2.41. The number of benzene rings is 3. The van der Waals surface area contributed by atoms with Crippen LogP contribution >= 0.6 is 0 Å². The van der Waals surface area contributed by atoms with E-state index in [1.54, 1.807) is 4.57 Å². The molecule has 5 rings (SSSR count). The Morgan fingerprint density at radius 3 is 1.88 bits per heavy atom. The van der Waals surface area contributed by atoms with Crippen molar-refractivity contribution in [3.05, 3.63) is 131 Å².